The molecule has 102 valence electrons. The van der Waals surface area contributed by atoms with Crippen LogP contribution in [0.25, 0.3) is 0 Å². The highest BCUT2D eigenvalue weighted by Crippen LogP contribution is 2.36. The molecule has 0 aromatic heterocycles. The summed E-state index contributed by atoms with van der Waals surface area (Å²) >= 11 is 1.68. The van der Waals surface area contributed by atoms with Gasteiger partial charge in [0.15, 0.2) is 0 Å². The van der Waals surface area contributed by atoms with E-state index in [1.54, 1.807) is 11.8 Å². The van der Waals surface area contributed by atoms with Crippen LogP contribution in [0.15, 0.2) is 59.5 Å². The highest BCUT2D eigenvalue weighted by atomic mass is 32.2. The lowest BCUT2D eigenvalue weighted by molar-refractivity contribution is -0.120. The molecule has 20 heavy (non-hydrogen) atoms. The quantitative estimate of drug-likeness (QED) is 0.934. The fourth-order valence-electron chi connectivity index (χ4n) is 2.42. The topological polar surface area (TPSA) is 29.1 Å². The number of hydrogen-bond acceptors (Lipinski definition) is 2. The molecule has 2 aromatic rings. The number of thioether (sulfide) groups is 1. The fourth-order valence-corrected chi connectivity index (χ4v) is 3.64. The predicted octanol–water partition coefficient (Wildman–Crippen LogP) is 3.06. The summed E-state index contributed by atoms with van der Waals surface area (Å²) in [6.07, 6.45) is 1.73. The zero-order valence-electron chi connectivity index (χ0n) is 11.2. The SMILES string of the molecule is O=C(NCCc1ccccc1)C1Cc2ccccc2S1. The molecule has 2 aromatic carbocycles. The number of rotatable bonds is 4. The van der Waals surface area contributed by atoms with Crippen LogP contribution in [0.1, 0.15) is 11.1 Å². The van der Waals surface area contributed by atoms with Crippen molar-refractivity contribution in [3.8, 4) is 0 Å². The highest BCUT2D eigenvalue weighted by molar-refractivity contribution is 8.01. The van der Waals surface area contributed by atoms with Crippen molar-refractivity contribution < 1.29 is 4.79 Å². The Morgan fingerprint density at radius 2 is 1.85 bits per heavy atom. The monoisotopic (exact) mass is 283 g/mol. The van der Waals surface area contributed by atoms with E-state index in [0.717, 1.165) is 12.8 Å². The van der Waals surface area contributed by atoms with Crippen LogP contribution in [0.3, 0.4) is 0 Å². The first-order chi connectivity index (χ1) is 9.83. The first-order valence-electron chi connectivity index (χ1n) is 6.89. The van der Waals surface area contributed by atoms with Gasteiger partial charge < -0.3 is 5.32 Å². The predicted molar refractivity (Wildman–Crippen MR) is 82.9 cm³/mol. The number of hydrogen-bond donors (Lipinski definition) is 1. The summed E-state index contributed by atoms with van der Waals surface area (Å²) in [7, 11) is 0. The Kier molecular flexibility index (Phi) is 4.07. The normalized spacial score (nSPS) is 16.7. The molecule has 1 amide bonds. The van der Waals surface area contributed by atoms with E-state index in [0.29, 0.717) is 6.54 Å². The third kappa shape index (κ3) is 3.05. The molecule has 0 saturated carbocycles. The number of carbonyl (C=O) groups is 1. The highest BCUT2D eigenvalue weighted by Gasteiger charge is 2.27. The summed E-state index contributed by atoms with van der Waals surface area (Å²) in [6.45, 7) is 0.705. The molecule has 1 aliphatic rings. The van der Waals surface area contributed by atoms with Crippen molar-refractivity contribution in [3.63, 3.8) is 0 Å². The van der Waals surface area contributed by atoms with Crippen LogP contribution >= 0.6 is 11.8 Å². The minimum atomic E-state index is 0.0307. The maximum Gasteiger partial charge on any atom is 0.233 e. The largest absolute Gasteiger partial charge is 0.355 e. The number of fused-ring (bicyclic) bond motifs is 1. The molecule has 0 fully saturated rings. The molecule has 0 radical (unpaired) electrons. The van der Waals surface area contributed by atoms with Gasteiger partial charge in [-0.25, -0.2) is 0 Å². The molecule has 1 atom stereocenters. The van der Waals surface area contributed by atoms with Gasteiger partial charge in [0.1, 0.15) is 0 Å². The fraction of sp³-hybridized carbons (Fsp3) is 0.235. The van der Waals surface area contributed by atoms with Gasteiger partial charge in [0.2, 0.25) is 5.91 Å². The molecule has 3 heteroatoms. The molecule has 0 saturated heterocycles. The van der Waals surface area contributed by atoms with Gasteiger partial charge in [-0.05, 0) is 30.0 Å². The van der Waals surface area contributed by atoms with E-state index in [1.807, 2.05) is 30.3 Å². The molecule has 0 aliphatic carbocycles. The summed E-state index contributed by atoms with van der Waals surface area (Å²) in [4.78, 5) is 13.4. The first-order valence-corrected chi connectivity index (χ1v) is 7.77. The maximum absolute atomic E-state index is 12.2. The van der Waals surface area contributed by atoms with Crippen molar-refractivity contribution in [3.05, 3.63) is 65.7 Å². The van der Waals surface area contributed by atoms with Crippen molar-refractivity contribution >= 4 is 17.7 Å². The van der Waals surface area contributed by atoms with Gasteiger partial charge >= 0.3 is 0 Å². The second-order valence-corrected chi connectivity index (χ2v) is 6.19. The molecule has 0 bridgehead atoms. The van der Waals surface area contributed by atoms with Gasteiger partial charge in [0.25, 0.3) is 0 Å². The zero-order chi connectivity index (χ0) is 13.8. The lowest BCUT2D eigenvalue weighted by Crippen LogP contribution is -2.33. The van der Waals surface area contributed by atoms with Crippen LogP contribution in [-0.4, -0.2) is 17.7 Å². The Balaban J connectivity index is 1.49. The molecular weight excluding hydrogens is 266 g/mol. The molecular formula is C17H17NOS. The average Bonchev–Trinajstić information content (AvgIpc) is 2.92. The Morgan fingerprint density at radius 3 is 2.65 bits per heavy atom. The van der Waals surface area contributed by atoms with Crippen molar-refractivity contribution in [2.24, 2.45) is 0 Å². The van der Waals surface area contributed by atoms with E-state index in [4.69, 9.17) is 0 Å². The summed E-state index contributed by atoms with van der Waals surface area (Å²) in [6, 6.07) is 18.5. The summed E-state index contributed by atoms with van der Waals surface area (Å²) in [5.74, 6) is 0.155. The van der Waals surface area contributed by atoms with Gasteiger partial charge in [0.05, 0.1) is 5.25 Å². The van der Waals surface area contributed by atoms with E-state index < -0.39 is 0 Å². The zero-order valence-corrected chi connectivity index (χ0v) is 12.0. The molecule has 1 N–H and O–H groups in total. The second kappa shape index (κ2) is 6.14. The van der Waals surface area contributed by atoms with Crippen LogP contribution in [-0.2, 0) is 17.6 Å². The van der Waals surface area contributed by atoms with E-state index in [-0.39, 0.29) is 11.2 Å². The number of amides is 1. The molecule has 1 unspecified atom stereocenters. The van der Waals surface area contributed by atoms with Gasteiger partial charge in [0, 0.05) is 11.4 Å². The van der Waals surface area contributed by atoms with Crippen LogP contribution in [0.2, 0.25) is 0 Å². The van der Waals surface area contributed by atoms with Crippen molar-refractivity contribution in [1.29, 1.82) is 0 Å². The number of nitrogens with one attached hydrogen (secondary N) is 1. The Labute approximate surface area is 123 Å². The van der Waals surface area contributed by atoms with Crippen LogP contribution < -0.4 is 5.32 Å². The molecule has 3 rings (SSSR count). The third-order valence-electron chi connectivity index (χ3n) is 3.50. The second-order valence-electron chi connectivity index (χ2n) is 4.94. The van der Waals surface area contributed by atoms with Crippen LogP contribution in [0.4, 0.5) is 0 Å². The molecule has 0 spiro atoms. The van der Waals surface area contributed by atoms with Gasteiger partial charge in [-0.15, -0.1) is 11.8 Å². The summed E-state index contributed by atoms with van der Waals surface area (Å²) in [5.41, 5.74) is 2.55. The number of carbonyl (C=O) groups excluding carboxylic acids is 1. The van der Waals surface area contributed by atoms with E-state index in [9.17, 15) is 4.79 Å². The Bertz CT molecular complexity index is 572. The van der Waals surface area contributed by atoms with Crippen molar-refractivity contribution in [2.45, 2.75) is 23.0 Å². The Hall–Kier alpha value is -1.74. The average molecular weight is 283 g/mol. The summed E-state index contributed by atoms with van der Waals surface area (Å²) in [5, 5.41) is 3.08. The third-order valence-corrected chi connectivity index (χ3v) is 4.81. The smallest absolute Gasteiger partial charge is 0.233 e. The Morgan fingerprint density at radius 1 is 1.10 bits per heavy atom. The van der Waals surface area contributed by atoms with Crippen molar-refractivity contribution in [2.75, 3.05) is 6.54 Å². The van der Waals surface area contributed by atoms with Crippen molar-refractivity contribution in [1.82, 2.24) is 5.32 Å². The van der Waals surface area contributed by atoms with Crippen LogP contribution in [0, 0.1) is 0 Å². The van der Waals surface area contributed by atoms with Gasteiger partial charge in [-0.2, -0.15) is 0 Å². The first kappa shape index (κ1) is 13.3. The lowest BCUT2D eigenvalue weighted by atomic mass is 10.1. The van der Waals surface area contributed by atoms with E-state index in [2.05, 4.69) is 29.6 Å². The van der Waals surface area contributed by atoms with Gasteiger partial charge in [-0.3, -0.25) is 4.79 Å². The number of benzene rings is 2. The standard InChI is InChI=1S/C17H17NOS/c19-17(18-11-10-13-6-2-1-3-7-13)16-12-14-8-4-5-9-15(14)20-16/h1-9,16H,10-12H2,(H,18,19). The molecule has 1 heterocycles. The summed E-state index contributed by atoms with van der Waals surface area (Å²) < 4.78 is 0. The minimum absolute atomic E-state index is 0.0307. The van der Waals surface area contributed by atoms with E-state index in [1.165, 1.54) is 16.0 Å². The minimum Gasteiger partial charge on any atom is -0.355 e. The lowest BCUT2D eigenvalue weighted by Gasteiger charge is -2.09. The van der Waals surface area contributed by atoms with E-state index >= 15 is 0 Å². The van der Waals surface area contributed by atoms with Gasteiger partial charge in [-0.1, -0.05) is 48.5 Å². The van der Waals surface area contributed by atoms with Crippen LogP contribution in [0.5, 0.6) is 0 Å². The maximum atomic E-state index is 12.2. The molecule has 1 aliphatic heterocycles. The molecule has 2 nitrogen and oxygen atoms in total.